The Labute approximate surface area is 44.4 Å². The van der Waals surface area contributed by atoms with Crippen molar-refractivity contribution in [1.29, 1.82) is 0 Å². The molecule has 1 heterocycles. The topological polar surface area (TPSA) is 21.3 Å². The average Bonchev–Trinajstić information content (AvgIpc) is 1.69. The van der Waals surface area contributed by atoms with Gasteiger partial charge in [0, 0.05) is 6.61 Å². The molecule has 0 aromatic heterocycles. The van der Waals surface area contributed by atoms with Gasteiger partial charge in [0.25, 0.3) is 0 Å². The minimum atomic E-state index is 0.286. The summed E-state index contributed by atoms with van der Waals surface area (Å²) in [7, 11) is 0.286. The van der Waals surface area contributed by atoms with Gasteiger partial charge in [-0.05, 0) is 19.8 Å². The minimum Gasteiger partial charge on any atom is -0.422 e. The van der Waals surface area contributed by atoms with Crippen molar-refractivity contribution in [1.82, 2.24) is 5.23 Å². The monoisotopic (exact) mass is 99.1 g/mol. The lowest BCUT2D eigenvalue weighted by Gasteiger charge is -2.16. The van der Waals surface area contributed by atoms with Gasteiger partial charge < -0.3 is 9.88 Å². The number of hydrogen-bond acceptors (Lipinski definition) is 2. The lowest BCUT2D eigenvalue weighted by molar-refractivity contribution is 0.283. The van der Waals surface area contributed by atoms with Gasteiger partial charge in [0.1, 0.15) is 0 Å². The van der Waals surface area contributed by atoms with Gasteiger partial charge in [0.15, 0.2) is 0 Å². The van der Waals surface area contributed by atoms with Gasteiger partial charge in [-0.25, -0.2) is 0 Å². The number of rotatable bonds is 0. The van der Waals surface area contributed by atoms with Crippen LogP contribution in [0.1, 0.15) is 6.42 Å². The lowest BCUT2D eigenvalue weighted by Crippen LogP contribution is -2.39. The molecule has 0 atom stereocenters. The maximum absolute atomic E-state index is 5.17. The fraction of sp³-hybridized carbons (Fsp3) is 1.00. The Morgan fingerprint density at radius 1 is 1.71 bits per heavy atom. The number of hydrogen-bond donors (Lipinski definition) is 1. The summed E-state index contributed by atoms with van der Waals surface area (Å²) in [6.45, 7) is 4.06. The zero-order chi connectivity index (χ0) is 5.11. The molecule has 0 aromatic rings. The van der Waals surface area contributed by atoms with E-state index >= 15 is 0 Å². The normalized spacial score (nSPS) is 22.7. The van der Waals surface area contributed by atoms with Crippen LogP contribution in [0.3, 0.4) is 0 Å². The Morgan fingerprint density at radius 3 is 2.86 bits per heavy atom. The first-order valence-corrected chi connectivity index (χ1v) is 2.74. The van der Waals surface area contributed by atoms with Gasteiger partial charge in [-0.3, -0.25) is 0 Å². The van der Waals surface area contributed by atoms with Crippen LogP contribution in [-0.4, -0.2) is 20.2 Å². The summed E-state index contributed by atoms with van der Waals surface area (Å²) in [6, 6.07) is 0. The summed E-state index contributed by atoms with van der Waals surface area (Å²) < 4.78 is 5.17. The molecule has 0 unspecified atom stereocenters. The van der Waals surface area contributed by atoms with E-state index in [9.17, 15) is 0 Å². The van der Waals surface area contributed by atoms with Crippen LogP contribution in [0, 0.1) is 0 Å². The smallest absolute Gasteiger partial charge is 0.376 e. The van der Waals surface area contributed by atoms with Crippen molar-refractivity contribution in [2.75, 3.05) is 13.2 Å². The fourth-order valence-corrected chi connectivity index (χ4v) is 0.697. The van der Waals surface area contributed by atoms with Crippen LogP contribution in [0.4, 0.5) is 0 Å². The molecular formula is C4H10BNO. The molecule has 0 radical (unpaired) electrons. The van der Waals surface area contributed by atoms with Crippen LogP contribution in [0.5, 0.6) is 0 Å². The van der Waals surface area contributed by atoms with Gasteiger partial charge in [-0.1, -0.05) is 0 Å². The van der Waals surface area contributed by atoms with Crippen molar-refractivity contribution in [2.24, 2.45) is 0 Å². The molecule has 0 saturated carbocycles. The summed E-state index contributed by atoms with van der Waals surface area (Å²) in [5, 5.41) is 3.16. The van der Waals surface area contributed by atoms with Crippen molar-refractivity contribution in [2.45, 2.75) is 13.2 Å². The molecule has 0 spiro atoms. The largest absolute Gasteiger partial charge is 0.422 e. The third kappa shape index (κ3) is 1.49. The molecule has 0 amide bonds. The lowest BCUT2D eigenvalue weighted by atomic mass is 9.86. The van der Waals surface area contributed by atoms with Crippen LogP contribution in [0.25, 0.3) is 0 Å². The summed E-state index contributed by atoms with van der Waals surface area (Å²) in [6.07, 6.45) is 1.16. The van der Waals surface area contributed by atoms with E-state index < -0.39 is 0 Å². The molecule has 0 aromatic carbocycles. The molecule has 2 nitrogen and oxygen atoms in total. The standard InChI is InChI=1S/C4H10BNO/c1-5-6-3-2-4-7-5/h6H,2-4H2,1H3. The predicted octanol–water partition coefficient (Wildman–Crippen LogP) is 0.114. The first-order valence-electron chi connectivity index (χ1n) is 2.74. The molecule has 1 fully saturated rings. The summed E-state index contributed by atoms with van der Waals surface area (Å²) in [5.74, 6) is 0. The Balaban J connectivity index is 2.12. The second kappa shape index (κ2) is 2.33. The average molecular weight is 98.9 g/mol. The van der Waals surface area contributed by atoms with Crippen molar-refractivity contribution in [3.63, 3.8) is 0 Å². The van der Waals surface area contributed by atoms with Gasteiger partial charge >= 0.3 is 7.05 Å². The predicted molar refractivity (Wildman–Crippen MR) is 30.2 cm³/mol. The maximum Gasteiger partial charge on any atom is 0.376 e. The van der Waals surface area contributed by atoms with Crippen LogP contribution in [-0.2, 0) is 4.65 Å². The Bertz CT molecular complexity index is 53.7. The zero-order valence-corrected chi connectivity index (χ0v) is 4.61. The van der Waals surface area contributed by atoms with Crippen molar-refractivity contribution in [3.05, 3.63) is 0 Å². The van der Waals surface area contributed by atoms with Gasteiger partial charge in [0.05, 0.1) is 0 Å². The van der Waals surface area contributed by atoms with Crippen LogP contribution in [0.15, 0.2) is 0 Å². The molecule has 7 heavy (non-hydrogen) atoms. The second-order valence-electron chi connectivity index (χ2n) is 1.82. The SMILES string of the molecule is CB1NCCCO1. The van der Waals surface area contributed by atoms with Gasteiger partial charge in [0.2, 0.25) is 0 Å². The number of nitrogens with one attached hydrogen (secondary N) is 1. The molecule has 3 heteroatoms. The maximum atomic E-state index is 5.17. The molecule has 1 saturated heterocycles. The first kappa shape index (κ1) is 5.13. The fourth-order valence-electron chi connectivity index (χ4n) is 0.697. The third-order valence-electron chi connectivity index (χ3n) is 1.12. The first-order chi connectivity index (χ1) is 3.39. The Hall–Kier alpha value is -0.0151. The van der Waals surface area contributed by atoms with E-state index in [1.54, 1.807) is 0 Å². The van der Waals surface area contributed by atoms with Crippen LogP contribution < -0.4 is 5.23 Å². The molecule has 1 aliphatic rings. The van der Waals surface area contributed by atoms with E-state index in [0.29, 0.717) is 0 Å². The molecule has 1 N–H and O–H groups in total. The van der Waals surface area contributed by atoms with Crippen molar-refractivity contribution in [3.8, 4) is 0 Å². The van der Waals surface area contributed by atoms with E-state index in [1.165, 1.54) is 0 Å². The molecule has 40 valence electrons. The molecule has 1 rings (SSSR count). The van der Waals surface area contributed by atoms with E-state index in [4.69, 9.17) is 4.65 Å². The van der Waals surface area contributed by atoms with E-state index in [2.05, 4.69) is 5.23 Å². The molecule has 0 bridgehead atoms. The highest BCUT2D eigenvalue weighted by Gasteiger charge is 2.10. The van der Waals surface area contributed by atoms with Gasteiger partial charge in [-0.2, -0.15) is 0 Å². The van der Waals surface area contributed by atoms with Crippen LogP contribution >= 0.6 is 0 Å². The highest BCUT2D eigenvalue weighted by Crippen LogP contribution is 1.90. The quantitative estimate of drug-likeness (QED) is 0.435. The third-order valence-corrected chi connectivity index (χ3v) is 1.12. The molecule has 1 aliphatic heterocycles. The summed E-state index contributed by atoms with van der Waals surface area (Å²) in [4.78, 5) is 0. The minimum absolute atomic E-state index is 0.286. The summed E-state index contributed by atoms with van der Waals surface area (Å²) in [5.41, 5.74) is 0. The Kier molecular flexibility index (Phi) is 1.71. The van der Waals surface area contributed by atoms with Crippen molar-refractivity contribution < 1.29 is 4.65 Å². The highest BCUT2D eigenvalue weighted by molar-refractivity contribution is 6.47. The molecule has 0 aliphatic carbocycles. The van der Waals surface area contributed by atoms with E-state index in [-0.39, 0.29) is 7.05 Å². The second-order valence-corrected chi connectivity index (χ2v) is 1.82. The van der Waals surface area contributed by atoms with E-state index in [1.807, 2.05) is 6.82 Å². The molecular weight excluding hydrogens is 88.9 g/mol. The van der Waals surface area contributed by atoms with Crippen molar-refractivity contribution >= 4 is 7.05 Å². The highest BCUT2D eigenvalue weighted by atomic mass is 16.4. The van der Waals surface area contributed by atoms with Gasteiger partial charge in [-0.15, -0.1) is 0 Å². The van der Waals surface area contributed by atoms with E-state index in [0.717, 1.165) is 19.6 Å². The van der Waals surface area contributed by atoms with Crippen LogP contribution in [0.2, 0.25) is 6.82 Å². The zero-order valence-electron chi connectivity index (χ0n) is 4.61. The Morgan fingerprint density at radius 2 is 2.57 bits per heavy atom. The summed E-state index contributed by atoms with van der Waals surface area (Å²) >= 11 is 0.